The number of rotatable bonds is 6. The molecule has 0 aromatic heterocycles. The molecule has 0 saturated heterocycles. The van der Waals surface area contributed by atoms with Crippen molar-refractivity contribution in [3.05, 3.63) is 59.2 Å². The minimum absolute atomic E-state index is 0.0518. The number of urea groups is 1. The van der Waals surface area contributed by atoms with Gasteiger partial charge in [-0.3, -0.25) is 0 Å². The lowest BCUT2D eigenvalue weighted by molar-refractivity contribution is -0.0493. The van der Waals surface area contributed by atoms with Gasteiger partial charge in [-0.05, 0) is 36.1 Å². The first-order chi connectivity index (χ1) is 11.9. The number of anilines is 1. The van der Waals surface area contributed by atoms with Crippen LogP contribution in [0.2, 0.25) is 0 Å². The second-order valence-corrected chi connectivity index (χ2v) is 5.78. The highest BCUT2D eigenvalue weighted by atomic mass is 19.3. The molecule has 0 unspecified atom stereocenters. The number of carbonyl (C=O) groups is 1. The van der Waals surface area contributed by atoms with E-state index in [1.807, 2.05) is 24.3 Å². The molecule has 2 rings (SSSR count). The summed E-state index contributed by atoms with van der Waals surface area (Å²) >= 11 is 0. The van der Waals surface area contributed by atoms with Crippen LogP contribution in [-0.4, -0.2) is 24.6 Å². The first kappa shape index (κ1) is 18.7. The van der Waals surface area contributed by atoms with Gasteiger partial charge in [-0.15, -0.1) is 0 Å². The number of amides is 2. The smallest absolute Gasteiger partial charge is 0.387 e. The number of ether oxygens (including phenoxy) is 1. The molecule has 4 nitrogen and oxygen atoms in total. The van der Waals surface area contributed by atoms with E-state index < -0.39 is 12.6 Å². The fourth-order valence-electron chi connectivity index (χ4n) is 2.42. The monoisotopic (exact) mass is 348 g/mol. The van der Waals surface area contributed by atoms with Crippen LogP contribution in [0.25, 0.3) is 0 Å². The van der Waals surface area contributed by atoms with Gasteiger partial charge in [-0.25, -0.2) is 4.79 Å². The highest BCUT2D eigenvalue weighted by Crippen LogP contribution is 2.29. The predicted octanol–water partition coefficient (Wildman–Crippen LogP) is 4.82. The molecular weight excluding hydrogens is 326 g/mol. The van der Waals surface area contributed by atoms with E-state index in [0.29, 0.717) is 12.1 Å². The van der Waals surface area contributed by atoms with Crippen LogP contribution in [0.15, 0.2) is 42.5 Å². The zero-order valence-electron chi connectivity index (χ0n) is 14.6. The van der Waals surface area contributed by atoms with E-state index in [-0.39, 0.29) is 11.4 Å². The topological polar surface area (TPSA) is 41.6 Å². The summed E-state index contributed by atoms with van der Waals surface area (Å²) in [6.45, 7) is 1.26. The van der Waals surface area contributed by atoms with Gasteiger partial charge in [-0.2, -0.15) is 8.78 Å². The number of nitrogens with one attached hydrogen (secondary N) is 1. The van der Waals surface area contributed by atoms with Gasteiger partial charge in [0.2, 0.25) is 0 Å². The van der Waals surface area contributed by atoms with Gasteiger partial charge in [0, 0.05) is 13.6 Å². The van der Waals surface area contributed by atoms with Crippen LogP contribution in [0.4, 0.5) is 19.3 Å². The summed E-state index contributed by atoms with van der Waals surface area (Å²) in [7, 11) is 1.65. The summed E-state index contributed by atoms with van der Waals surface area (Å²) in [6, 6.07) is 12.3. The summed E-state index contributed by atoms with van der Waals surface area (Å²) in [5.41, 5.74) is 3.11. The van der Waals surface area contributed by atoms with Crippen molar-refractivity contribution in [3.8, 4) is 5.75 Å². The van der Waals surface area contributed by atoms with Crippen molar-refractivity contribution in [2.45, 2.75) is 33.4 Å². The molecule has 0 aliphatic carbocycles. The third kappa shape index (κ3) is 5.17. The van der Waals surface area contributed by atoms with Crippen LogP contribution in [-0.2, 0) is 13.0 Å². The van der Waals surface area contributed by atoms with Gasteiger partial charge >= 0.3 is 12.6 Å². The van der Waals surface area contributed by atoms with E-state index in [2.05, 4.69) is 17.0 Å². The first-order valence-electron chi connectivity index (χ1n) is 8.05. The number of aryl methyl sites for hydroxylation is 2. The maximum absolute atomic E-state index is 12.5. The molecule has 0 aliphatic rings. The lowest BCUT2D eigenvalue weighted by atomic mass is 10.1. The Hall–Kier alpha value is -2.63. The molecular formula is C19H22F2N2O2. The number of para-hydroxylation sites is 1. The molecule has 25 heavy (non-hydrogen) atoms. The van der Waals surface area contributed by atoms with Crippen LogP contribution < -0.4 is 10.1 Å². The molecule has 2 aromatic rings. The van der Waals surface area contributed by atoms with Crippen molar-refractivity contribution in [3.63, 3.8) is 0 Å². The molecule has 0 atom stereocenters. The lowest BCUT2D eigenvalue weighted by Gasteiger charge is -2.20. The molecule has 0 fully saturated rings. The van der Waals surface area contributed by atoms with Gasteiger partial charge in [0.25, 0.3) is 0 Å². The van der Waals surface area contributed by atoms with Crippen LogP contribution in [0.5, 0.6) is 5.75 Å². The first-order valence-corrected chi connectivity index (χ1v) is 8.05. The van der Waals surface area contributed by atoms with E-state index in [1.54, 1.807) is 26.1 Å². The minimum atomic E-state index is -2.95. The summed E-state index contributed by atoms with van der Waals surface area (Å²) in [6.07, 6.45) is 0.955. The Bertz CT molecular complexity index is 718. The molecule has 0 aliphatic heterocycles. The average molecular weight is 348 g/mol. The fourth-order valence-corrected chi connectivity index (χ4v) is 2.42. The highest BCUT2D eigenvalue weighted by molar-refractivity contribution is 5.91. The molecule has 1 N–H and O–H groups in total. The normalized spacial score (nSPS) is 10.6. The summed E-state index contributed by atoms with van der Waals surface area (Å²) in [5, 5.41) is 2.66. The molecule has 0 radical (unpaired) electrons. The van der Waals surface area contributed by atoms with E-state index in [9.17, 15) is 13.6 Å². The van der Waals surface area contributed by atoms with Crippen molar-refractivity contribution in [2.75, 3.05) is 12.4 Å². The van der Waals surface area contributed by atoms with Crippen molar-refractivity contribution >= 4 is 11.7 Å². The second kappa shape index (κ2) is 8.46. The Morgan fingerprint density at radius 2 is 1.80 bits per heavy atom. The average Bonchev–Trinajstić information content (AvgIpc) is 2.58. The number of halogens is 2. The maximum Gasteiger partial charge on any atom is 0.387 e. The summed E-state index contributed by atoms with van der Waals surface area (Å²) < 4.78 is 29.5. The number of hydrogen-bond donors (Lipinski definition) is 1. The number of nitrogens with zero attached hydrogens (tertiary/aromatic N) is 1. The zero-order chi connectivity index (χ0) is 18.4. The molecule has 0 saturated carbocycles. The van der Waals surface area contributed by atoms with E-state index >= 15 is 0 Å². The fraction of sp³-hybridized carbons (Fsp3) is 0.316. The largest absolute Gasteiger partial charge is 0.433 e. The Labute approximate surface area is 146 Å². The van der Waals surface area contributed by atoms with Crippen LogP contribution >= 0.6 is 0 Å². The van der Waals surface area contributed by atoms with Gasteiger partial charge in [0.05, 0.1) is 5.69 Å². The Balaban J connectivity index is 2.07. The van der Waals surface area contributed by atoms with E-state index in [4.69, 9.17) is 0 Å². The van der Waals surface area contributed by atoms with E-state index in [0.717, 1.165) is 12.0 Å². The van der Waals surface area contributed by atoms with Crippen molar-refractivity contribution in [1.29, 1.82) is 0 Å². The zero-order valence-corrected chi connectivity index (χ0v) is 14.6. The van der Waals surface area contributed by atoms with Crippen LogP contribution in [0.1, 0.15) is 23.6 Å². The molecule has 0 spiro atoms. The minimum Gasteiger partial charge on any atom is -0.433 e. The molecule has 134 valence electrons. The van der Waals surface area contributed by atoms with Gasteiger partial charge in [-0.1, -0.05) is 43.3 Å². The van der Waals surface area contributed by atoms with Gasteiger partial charge in [0.1, 0.15) is 5.75 Å². The second-order valence-electron chi connectivity index (χ2n) is 5.78. The third-order valence-corrected chi connectivity index (χ3v) is 3.88. The molecule has 0 bridgehead atoms. The Kier molecular flexibility index (Phi) is 6.33. The molecule has 2 aromatic carbocycles. The Morgan fingerprint density at radius 1 is 1.16 bits per heavy atom. The van der Waals surface area contributed by atoms with Crippen molar-refractivity contribution in [2.24, 2.45) is 0 Å². The van der Waals surface area contributed by atoms with Gasteiger partial charge in [0.15, 0.2) is 0 Å². The van der Waals surface area contributed by atoms with Crippen molar-refractivity contribution < 1.29 is 18.3 Å². The molecule has 6 heteroatoms. The summed E-state index contributed by atoms with van der Waals surface area (Å²) in [5.74, 6) is -0.0518. The number of benzene rings is 2. The highest BCUT2D eigenvalue weighted by Gasteiger charge is 2.16. The van der Waals surface area contributed by atoms with Crippen LogP contribution in [0.3, 0.4) is 0 Å². The maximum atomic E-state index is 12.5. The van der Waals surface area contributed by atoms with Crippen molar-refractivity contribution in [1.82, 2.24) is 4.90 Å². The third-order valence-electron chi connectivity index (χ3n) is 3.88. The number of carbonyl (C=O) groups excluding carboxylic acids is 1. The number of alkyl halides is 2. The Morgan fingerprint density at radius 3 is 2.40 bits per heavy atom. The lowest BCUT2D eigenvalue weighted by Crippen LogP contribution is -2.31. The molecule has 0 heterocycles. The predicted molar refractivity (Wildman–Crippen MR) is 94.1 cm³/mol. The van der Waals surface area contributed by atoms with Crippen LogP contribution in [0, 0.1) is 6.92 Å². The summed E-state index contributed by atoms with van der Waals surface area (Å²) in [4.78, 5) is 13.9. The SMILES string of the molecule is CCc1ccc(CN(C)C(=O)Nc2c(C)cccc2OC(F)F)cc1. The van der Waals surface area contributed by atoms with Gasteiger partial charge < -0.3 is 15.0 Å². The van der Waals surface area contributed by atoms with E-state index in [1.165, 1.54) is 16.5 Å². The quantitative estimate of drug-likeness (QED) is 0.813. The number of hydrogen-bond acceptors (Lipinski definition) is 2. The standard InChI is InChI=1S/C19H22F2N2O2/c1-4-14-8-10-15(11-9-14)12-23(3)19(24)22-17-13(2)6-5-7-16(17)25-18(20)21/h5-11,18H,4,12H2,1-3H3,(H,22,24). The molecule has 2 amide bonds.